The van der Waals surface area contributed by atoms with Gasteiger partial charge in [-0.3, -0.25) is 0 Å². The molecular weight excluding hydrogens is 180 g/mol. The van der Waals surface area contributed by atoms with Crippen molar-refractivity contribution in [3.63, 3.8) is 0 Å². The van der Waals surface area contributed by atoms with Gasteiger partial charge in [0, 0.05) is 5.57 Å². The molecule has 0 aliphatic carbocycles. The predicted octanol–water partition coefficient (Wildman–Crippen LogP) is 2.37. The molecular formula is C11H18O3. The van der Waals surface area contributed by atoms with Crippen molar-refractivity contribution in [3.05, 3.63) is 11.6 Å². The molecule has 1 heterocycles. The van der Waals surface area contributed by atoms with E-state index in [1.54, 1.807) is 13.0 Å². The first-order valence-electron chi connectivity index (χ1n) is 5.22. The second kappa shape index (κ2) is 5.81. The molecule has 3 heteroatoms. The Labute approximate surface area is 84.8 Å². The fourth-order valence-corrected chi connectivity index (χ4v) is 1.33. The molecule has 1 fully saturated rings. The van der Waals surface area contributed by atoms with Crippen LogP contribution in [0.4, 0.5) is 0 Å². The number of carbonyl (C=O) groups is 1. The van der Waals surface area contributed by atoms with Crippen LogP contribution < -0.4 is 0 Å². The van der Waals surface area contributed by atoms with Crippen molar-refractivity contribution >= 4 is 5.97 Å². The maximum Gasteiger partial charge on any atom is 0.330 e. The van der Waals surface area contributed by atoms with Gasteiger partial charge < -0.3 is 9.84 Å². The molecule has 3 nitrogen and oxygen atoms in total. The molecule has 0 aromatic rings. The summed E-state index contributed by atoms with van der Waals surface area (Å²) in [5.41, 5.74) is 0.454. The highest BCUT2D eigenvalue weighted by molar-refractivity contribution is 5.85. The molecule has 0 saturated carbocycles. The maximum absolute atomic E-state index is 10.4. The second-order valence-electron chi connectivity index (χ2n) is 3.79. The summed E-state index contributed by atoms with van der Waals surface area (Å²) in [7, 11) is 0. The first-order chi connectivity index (χ1) is 6.70. The molecule has 0 bridgehead atoms. The smallest absolute Gasteiger partial charge is 0.330 e. The Kier molecular flexibility index (Phi) is 4.66. The first-order valence-corrected chi connectivity index (χ1v) is 5.22. The van der Waals surface area contributed by atoms with Crippen molar-refractivity contribution in [1.82, 2.24) is 0 Å². The summed E-state index contributed by atoms with van der Waals surface area (Å²) < 4.78 is 5.10. The number of allylic oxidation sites excluding steroid dienone is 1. The number of hydrogen-bond donors (Lipinski definition) is 1. The minimum absolute atomic E-state index is 0.454. The van der Waals surface area contributed by atoms with E-state index in [2.05, 4.69) is 0 Å². The fourth-order valence-electron chi connectivity index (χ4n) is 1.33. The van der Waals surface area contributed by atoms with Crippen LogP contribution in [0.2, 0.25) is 0 Å². The van der Waals surface area contributed by atoms with Crippen molar-refractivity contribution in [1.29, 1.82) is 0 Å². The van der Waals surface area contributed by atoms with Crippen LogP contribution in [0.15, 0.2) is 11.6 Å². The zero-order valence-corrected chi connectivity index (χ0v) is 8.66. The van der Waals surface area contributed by atoms with Gasteiger partial charge in [0.25, 0.3) is 0 Å². The number of rotatable bonds is 7. The Bertz CT molecular complexity index is 217. The molecule has 0 aromatic heterocycles. The Morgan fingerprint density at radius 1 is 1.50 bits per heavy atom. The number of aliphatic carboxylic acids is 1. The van der Waals surface area contributed by atoms with E-state index >= 15 is 0 Å². The molecule has 1 N–H and O–H groups in total. The Balaban J connectivity index is 1.92. The van der Waals surface area contributed by atoms with Crippen LogP contribution in [0.3, 0.4) is 0 Å². The zero-order valence-electron chi connectivity index (χ0n) is 8.66. The van der Waals surface area contributed by atoms with Crippen molar-refractivity contribution < 1.29 is 14.6 Å². The number of ether oxygens (including phenoxy) is 1. The summed E-state index contributed by atoms with van der Waals surface area (Å²) in [6.07, 6.45) is 7.83. The van der Waals surface area contributed by atoms with Gasteiger partial charge in [-0.15, -0.1) is 0 Å². The summed E-state index contributed by atoms with van der Waals surface area (Å²) in [6, 6.07) is 0. The van der Waals surface area contributed by atoms with Crippen molar-refractivity contribution in [3.8, 4) is 0 Å². The lowest BCUT2D eigenvalue weighted by Crippen LogP contribution is -1.95. The lowest BCUT2D eigenvalue weighted by atomic mass is 10.1. The normalized spacial score (nSPS) is 20.9. The number of unbranched alkanes of at least 4 members (excludes halogenated alkanes) is 3. The molecule has 1 atom stereocenters. The van der Waals surface area contributed by atoms with Gasteiger partial charge >= 0.3 is 5.97 Å². The maximum atomic E-state index is 10.4. The highest BCUT2D eigenvalue weighted by Gasteiger charge is 2.20. The first kappa shape index (κ1) is 11.2. The summed E-state index contributed by atoms with van der Waals surface area (Å²) in [6.45, 7) is 2.58. The molecule has 0 aromatic carbocycles. The molecule has 1 unspecified atom stereocenters. The standard InChI is InChI=1S/C11H18O3/c1-9(11(12)13)6-4-2-3-5-7-10-8-14-10/h6,10H,2-5,7-8H2,1H3,(H,12,13)/b9-6+. The topological polar surface area (TPSA) is 49.8 Å². The van der Waals surface area contributed by atoms with Gasteiger partial charge in [-0.05, 0) is 26.2 Å². The number of epoxide rings is 1. The van der Waals surface area contributed by atoms with Gasteiger partial charge in [0.1, 0.15) is 0 Å². The minimum Gasteiger partial charge on any atom is -0.478 e. The third-order valence-electron chi connectivity index (χ3n) is 2.42. The van der Waals surface area contributed by atoms with Gasteiger partial charge in [0.2, 0.25) is 0 Å². The van der Waals surface area contributed by atoms with Gasteiger partial charge in [-0.25, -0.2) is 4.79 Å². The second-order valence-corrected chi connectivity index (χ2v) is 3.79. The van der Waals surface area contributed by atoms with Crippen LogP contribution in [0.1, 0.15) is 39.0 Å². The van der Waals surface area contributed by atoms with E-state index in [9.17, 15) is 4.79 Å². The third kappa shape index (κ3) is 5.02. The van der Waals surface area contributed by atoms with E-state index < -0.39 is 5.97 Å². The van der Waals surface area contributed by atoms with Gasteiger partial charge in [-0.2, -0.15) is 0 Å². The van der Waals surface area contributed by atoms with Gasteiger partial charge in [0.05, 0.1) is 12.7 Å². The van der Waals surface area contributed by atoms with Crippen molar-refractivity contribution in [2.45, 2.75) is 45.1 Å². The van der Waals surface area contributed by atoms with Crippen LogP contribution in [-0.4, -0.2) is 23.8 Å². The van der Waals surface area contributed by atoms with Gasteiger partial charge in [-0.1, -0.05) is 18.9 Å². The lowest BCUT2D eigenvalue weighted by molar-refractivity contribution is -0.132. The molecule has 14 heavy (non-hydrogen) atoms. The molecule has 1 aliphatic heterocycles. The van der Waals surface area contributed by atoms with Crippen LogP contribution in [0, 0.1) is 0 Å². The molecule has 1 aliphatic rings. The van der Waals surface area contributed by atoms with Crippen molar-refractivity contribution in [2.24, 2.45) is 0 Å². The SMILES string of the molecule is C/C(=C\CCCCCC1CO1)C(=O)O. The molecule has 1 rings (SSSR count). The highest BCUT2D eigenvalue weighted by Crippen LogP contribution is 2.17. The van der Waals surface area contributed by atoms with E-state index in [-0.39, 0.29) is 0 Å². The average Bonchev–Trinajstić information content (AvgIpc) is 2.94. The van der Waals surface area contributed by atoms with E-state index in [0.29, 0.717) is 11.7 Å². The largest absolute Gasteiger partial charge is 0.478 e. The molecule has 1 saturated heterocycles. The van der Waals surface area contributed by atoms with E-state index in [1.807, 2.05) is 0 Å². The monoisotopic (exact) mass is 198 g/mol. The Morgan fingerprint density at radius 3 is 2.79 bits per heavy atom. The molecule has 0 radical (unpaired) electrons. The fraction of sp³-hybridized carbons (Fsp3) is 0.727. The quantitative estimate of drug-likeness (QED) is 0.388. The molecule has 0 spiro atoms. The zero-order chi connectivity index (χ0) is 10.4. The predicted molar refractivity (Wildman–Crippen MR) is 54.2 cm³/mol. The minimum atomic E-state index is -0.809. The van der Waals surface area contributed by atoms with E-state index in [1.165, 1.54) is 19.3 Å². The number of carboxylic acids is 1. The summed E-state index contributed by atoms with van der Waals surface area (Å²) in [5.74, 6) is -0.809. The number of hydrogen-bond acceptors (Lipinski definition) is 2. The van der Waals surface area contributed by atoms with E-state index in [0.717, 1.165) is 19.4 Å². The molecule has 80 valence electrons. The Hall–Kier alpha value is -0.830. The lowest BCUT2D eigenvalue weighted by Gasteiger charge is -1.97. The van der Waals surface area contributed by atoms with Crippen LogP contribution in [-0.2, 0) is 9.53 Å². The average molecular weight is 198 g/mol. The van der Waals surface area contributed by atoms with Crippen molar-refractivity contribution in [2.75, 3.05) is 6.61 Å². The van der Waals surface area contributed by atoms with Crippen LogP contribution in [0.25, 0.3) is 0 Å². The summed E-state index contributed by atoms with van der Waals surface area (Å²) in [4.78, 5) is 10.4. The third-order valence-corrected chi connectivity index (χ3v) is 2.42. The van der Waals surface area contributed by atoms with E-state index in [4.69, 9.17) is 9.84 Å². The van der Waals surface area contributed by atoms with Gasteiger partial charge in [0.15, 0.2) is 0 Å². The van der Waals surface area contributed by atoms with Crippen LogP contribution in [0.5, 0.6) is 0 Å². The number of carboxylic acid groups (broad SMARTS) is 1. The summed E-state index contributed by atoms with van der Waals surface area (Å²) >= 11 is 0. The Morgan fingerprint density at radius 2 is 2.21 bits per heavy atom. The van der Waals surface area contributed by atoms with Crippen LogP contribution >= 0.6 is 0 Å². The molecule has 0 amide bonds. The highest BCUT2D eigenvalue weighted by atomic mass is 16.6. The summed E-state index contributed by atoms with van der Waals surface area (Å²) in [5, 5.41) is 8.58.